The zero-order valence-corrected chi connectivity index (χ0v) is 10.5. The number of benzene rings is 1. The van der Waals surface area contributed by atoms with Crippen molar-refractivity contribution in [3.8, 4) is 11.8 Å². The van der Waals surface area contributed by atoms with Crippen molar-refractivity contribution in [2.75, 3.05) is 11.9 Å². The molecular formula is C15H17NO2. The summed E-state index contributed by atoms with van der Waals surface area (Å²) in [6, 6.07) is 5.73. The summed E-state index contributed by atoms with van der Waals surface area (Å²) < 4.78 is 0. The number of nitrogens with one attached hydrogen (secondary N) is 1. The SMILES string of the molecule is Cc1ccc(C#CCO)c(NC(=O)C2CCC2)c1. The molecule has 0 unspecified atom stereocenters. The molecule has 18 heavy (non-hydrogen) atoms. The highest BCUT2D eigenvalue weighted by atomic mass is 16.2. The third kappa shape index (κ3) is 2.91. The molecule has 1 aromatic rings. The second kappa shape index (κ2) is 5.70. The summed E-state index contributed by atoms with van der Waals surface area (Å²) in [5.74, 6) is 5.70. The summed E-state index contributed by atoms with van der Waals surface area (Å²) >= 11 is 0. The average Bonchev–Trinajstić information content (AvgIpc) is 2.25. The largest absolute Gasteiger partial charge is 0.384 e. The number of hydrogen-bond donors (Lipinski definition) is 2. The Kier molecular flexibility index (Phi) is 4.01. The van der Waals surface area contributed by atoms with Gasteiger partial charge in [0.2, 0.25) is 5.91 Å². The van der Waals surface area contributed by atoms with E-state index in [0.717, 1.165) is 36.1 Å². The first kappa shape index (κ1) is 12.7. The molecule has 0 radical (unpaired) electrons. The molecule has 2 rings (SSSR count). The van der Waals surface area contributed by atoms with Crippen LogP contribution in [0.1, 0.15) is 30.4 Å². The lowest BCUT2D eigenvalue weighted by Crippen LogP contribution is -2.28. The van der Waals surface area contributed by atoms with E-state index >= 15 is 0 Å². The molecule has 0 aliphatic heterocycles. The molecule has 3 heteroatoms. The van der Waals surface area contributed by atoms with E-state index in [1.54, 1.807) is 0 Å². The van der Waals surface area contributed by atoms with Crippen molar-refractivity contribution < 1.29 is 9.90 Å². The normalized spacial score (nSPS) is 14.3. The van der Waals surface area contributed by atoms with Gasteiger partial charge >= 0.3 is 0 Å². The van der Waals surface area contributed by atoms with Gasteiger partial charge in [0.1, 0.15) is 6.61 Å². The molecule has 0 saturated heterocycles. The Morgan fingerprint density at radius 1 is 1.50 bits per heavy atom. The van der Waals surface area contributed by atoms with E-state index in [1.165, 1.54) is 0 Å². The molecule has 1 fully saturated rings. The van der Waals surface area contributed by atoms with E-state index in [1.807, 2.05) is 25.1 Å². The van der Waals surface area contributed by atoms with E-state index in [-0.39, 0.29) is 18.4 Å². The van der Waals surface area contributed by atoms with Crippen LogP contribution in [-0.4, -0.2) is 17.6 Å². The lowest BCUT2D eigenvalue weighted by atomic mass is 9.84. The Labute approximate surface area is 107 Å². The van der Waals surface area contributed by atoms with E-state index in [0.29, 0.717) is 0 Å². The topological polar surface area (TPSA) is 49.3 Å². The summed E-state index contributed by atoms with van der Waals surface area (Å²) in [5.41, 5.74) is 2.57. The van der Waals surface area contributed by atoms with Crippen molar-refractivity contribution in [2.24, 2.45) is 5.92 Å². The maximum Gasteiger partial charge on any atom is 0.227 e. The molecule has 1 saturated carbocycles. The van der Waals surface area contributed by atoms with Crippen LogP contribution in [0.25, 0.3) is 0 Å². The second-order valence-electron chi connectivity index (χ2n) is 4.63. The standard InChI is InChI=1S/C15H17NO2/c1-11-7-8-12(6-3-9-17)14(10-11)16-15(18)13-4-2-5-13/h7-8,10,13,17H,2,4-5,9H2,1H3,(H,16,18). The fourth-order valence-electron chi connectivity index (χ4n) is 1.91. The van der Waals surface area contributed by atoms with E-state index in [2.05, 4.69) is 17.2 Å². The van der Waals surface area contributed by atoms with Crippen molar-refractivity contribution >= 4 is 11.6 Å². The third-order valence-corrected chi connectivity index (χ3v) is 3.21. The highest BCUT2D eigenvalue weighted by Gasteiger charge is 2.25. The van der Waals surface area contributed by atoms with Gasteiger partial charge in [-0.3, -0.25) is 4.79 Å². The van der Waals surface area contributed by atoms with Crippen LogP contribution in [0.3, 0.4) is 0 Å². The highest BCUT2D eigenvalue weighted by Crippen LogP contribution is 2.28. The number of amides is 1. The molecule has 0 bridgehead atoms. The van der Waals surface area contributed by atoms with Gasteiger partial charge in [-0.15, -0.1) is 0 Å². The number of carbonyl (C=O) groups excluding carboxylic acids is 1. The summed E-state index contributed by atoms with van der Waals surface area (Å²) in [4.78, 5) is 11.9. The third-order valence-electron chi connectivity index (χ3n) is 3.21. The zero-order valence-electron chi connectivity index (χ0n) is 10.5. The number of hydrogen-bond acceptors (Lipinski definition) is 2. The summed E-state index contributed by atoms with van der Waals surface area (Å²) in [7, 11) is 0. The minimum Gasteiger partial charge on any atom is -0.384 e. The molecule has 0 atom stereocenters. The molecule has 94 valence electrons. The Bertz CT molecular complexity index is 507. The molecule has 1 aromatic carbocycles. The Balaban J connectivity index is 2.18. The lowest BCUT2D eigenvalue weighted by molar-refractivity contribution is -0.122. The number of rotatable bonds is 2. The summed E-state index contributed by atoms with van der Waals surface area (Å²) in [6.45, 7) is 1.80. The van der Waals surface area contributed by atoms with Gasteiger partial charge in [-0.05, 0) is 37.5 Å². The van der Waals surface area contributed by atoms with Crippen LogP contribution in [0.15, 0.2) is 18.2 Å². The molecule has 1 aliphatic rings. The number of anilines is 1. The number of carbonyl (C=O) groups is 1. The van der Waals surface area contributed by atoms with E-state index < -0.39 is 0 Å². The molecule has 1 amide bonds. The zero-order chi connectivity index (χ0) is 13.0. The number of aliphatic hydroxyl groups is 1. The summed E-state index contributed by atoms with van der Waals surface area (Å²) in [5, 5.41) is 11.7. The van der Waals surface area contributed by atoms with Gasteiger partial charge in [0, 0.05) is 11.5 Å². The van der Waals surface area contributed by atoms with Crippen LogP contribution < -0.4 is 5.32 Å². The van der Waals surface area contributed by atoms with Gasteiger partial charge in [0.15, 0.2) is 0 Å². The van der Waals surface area contributed by atoms with Gasteiger partial charge in [-0.2, -0.15) is 0 Å². The van der Waals surface area contributed by atoms with Crippen LogP contribution in [0.5, 0.6) is 0 Å². The fraction of sp³-hybridized carbons (Fsp3) is 0.400. The predicted molar refractivity (Wildman–Crippen MR) is 71.1 cm³/mol. The number of aryl methyl sites for hydroxylation is 1. The molecule has 0 heterocycles. The Morgan fingerprint density at radius 3 is 2.89 bits per heavy atom. The average molecular weight is 243 g/mol. The molecule has 2 N–H and O–H groups in total. The lowest BCUT2D eigenvalue weighted by Gasteiger charge is -2.24. The van der Waals surface area contributed by atoms with Gasteiger partial charge in [0.05, 0.1) is 5.69 Å². The molecular weight excluding hydrogens is 226 g/mol. The Morgan fingerprint density at radius 2 is 2.28 bits per heavy atom. The van der Waals surface area contributed by atoms with Crippen molar-refractivity contribution in [3.63, 3.8) is 0 Å². The smallest absolute Gasteiger partial charge is 0.227 e. The van der Waals surface area contributed by atoms with Crippen LogP contribution in [0.4, 0.5) is 5.69 Å². The second-order valence-corrected chi connectivity index (χ2v) is 4.63. The van der Waals surface area contributed by atoms with Crippen molar-refractivity contribution in [1.29, 1.82) is 0 Å². The van der Waals surface area contributed by atoms with Crippen LogP contribution in [0, 0.1) is 24.7 Å². The quantitative estimate of drug-likeness (QED) is 0.781. The van der Waals surface area contributed by atoms with Crippen molar-refractivity contribution in [3.05, 3.63) is 29.3 Å². The first-order valence-electron chi connectivity index (χ1n) is 6.22. The van der Waals surface area contributed by atoms with Gasteiger partial charge in [-0.25, -0.2) is 0 Å². The van der Waals surface area contributed by atoms with Crippen LogP contribution >= 0.6 is 0 Å². The van der Waals surface area contributed by atoms with Crippen LogP contribution in [-0.2, 0) is 4.79 Å². The number of aliphatic hydroxyl groups excluding tert-OH is 1. The van der Waals surface area contributed by atoms with Crippen LogP contribution in [0.2, 0.25) is 0 Å². The maximum atomic E-state index is 11.9. The molecule has 1 aliphatic carbocycles. The van der Waals surface area contributed by atoms with Gasteiger partial charge < -0.3 is 10.4 Å². The first-order chi connectivity index (χ1) is 8.70. The monoisotopic (exact) mass is 243 g/mol. The Hall–Kier alpha value is -1.79. The van der Waals surface area contributed by atoms with E-state index in [9.17, 15) is 4.79 Å². The van der Waals surface area contributed by atoms with Gasteiger partial charge in [-0.1, -0.05) is 24.3 Å². The van der Waals surface area contributed by atoms with Gasteiger partial charge in [0.25, 0.3) is 0 Å². The van der Waals surface area contributed by atoms with Crippen molar-refractivity contribution in [2.45, 2.75) is 26.2 Å². The fourth-order valence-corrected chi connectivity index (χ4v) is 1.91. The molecule has 3 nitrogen and oxygen atoms in total. The minimum atomic E-state index is -0.177. The molecule has 0 aromatic heterocycles. The first-order valence-corrected chi connectivity index (χ1v) is 6.22. The highest BCUT2D eigenvalue weighted by molar-refractivity contribution is 5.94. The molecule has 0 spiro atoms. The minimum absolute atomic E-state index is 0.0823. The predicted octanol–water partition coefficient (Wildman–Crippen LogP) is 2.08. The van der Waals surface area contributed by atoms with Crippen molar-refractivity contribution in [1.82, 2.24) is 0 Å². The van der Waals surface area contributed by atoms with E-state index in [4.69, 9.17) is 5.11 Å². The maximum absolute atomic E-state index is 11.9. The summed E-state index contributed by atoms with van der Waals surface area (Å²) in [6.07, 6.45) is 3.10.